The number of carbonyl (C=O) groups excluding carboxylic acids is 2. The molecule has 160 valence electrons. The molecule has 2 amide bonds. The highest BCUT2D eigenvalue weighted by Gasteiger charge is 2.47. The number of nitrogens with one attached hydrogen (secondary N) is 1. The molecule has 1 aliphatic carbocycles. The molecule has 1 saturated carbocycles. The van der Waals surface area contributed by atoms with Gasteiger partial charge in [0.25, 0.3) is 17.4 Å². The van der Waals surface area contributed by atoms with Gasteiger partial charge in [0.05, 0.1) is 0 Å². The Morgan fingerprint density at radius 3 is 2.33 bits per heavy atom. The molecule has 1 N–H and O–H groups in total. The minimum atomic E-state index is -2.31. The second-order valence-electron chi connectivity index (χ2n) is 7.82. The molecule has 0 unspecified atom stereocenters. The summed E-state index contributed by atoms with van der Waals surface area (Å²) in [7, 11) is 0. The molecular formula is C22H26ClFN4O2. The monoisotopic (exact) mass is 432 g/mol. The molecule has 6 nitrogen and oxygen atoms in total. The molecule has 1 aromatic heterocycles. The standard InChI is InChI=1S/C22H26ClFN4O2/c1-15-8-10-18(11-9-15)28(20(29)19(23)24)22(2,16-12-25-14-26-13-16)21(30)27-17-6-4-3-5-7-17/h8-14,17,19H,3-7H2,1-2H3,(H,27,30)/t19-,22-/m0/s1. The lowest BCUT2D eigenvalue weighted by Gasteiger charge is -2.41. The Kier molecular flexibility index (Phi) is 7.02. The molecule has 0 radical (unpaired) electrons. The van der Waals surface area contributed by atoms with Gasteiger partial charge in [-0.1, -0.05) is 48.6 Å². The Labute approximate surface area is 180 Å². The maximum absolute atomic E-state index is 14.1. The van der Waals surface area contributed by atoms with Crippen LogP contribution in [0.2, 0.25) is 0 Å². The van der Waals surface area contributed by atoms with Crippen molar-refractivity contribution in [1.82, 2.24) is 15.3 Å². The van der Waals surface area contributed by atoms with Crippen LogP contribution in [0.3, 0.4) is 0 Å². The van der Waals surface area contributed by atoms with E-state index in [2.05, 4.69) is 15.3 Å². The summed E-state index contributed by atoms with van der Waals surface area (Å²) in [4.78, 5) is 35.7. The predicted octanol–water partition coefficient (Wildman–Crippen LogP) is 4.02. The van der Waals surface area contributed by atoms with E-state index in [1.165, 1.54) is 18.7 Å². The fourth-order valence-electron chi connectivity index (χ4n) is 3.88. The van der Waals surface area contributed by atoms with Gasteiger partial charge in [0.1, 0.15) is 6.33 Å². The van der Waals surface area contributed by atoms with Gasteiger partial charge in [0.15, 0.2) is 5.54 Å². The molecule has 1 heterocycles. The van der Waals surface area contributed by atoms with Gasteiger partial charge >= 0.3 is 0 Å². The van der Waals surface area contributed by atoms with Crippen LogP contribution in [0.5, 0.6) is 0 Å². The molecule has 1 fully saturated rings. The van der Waals surface area contributed by atoms with Gasteiger partial charge in [-0.25, -0.2) is 14.4 Å². The maximum Gasteiger partial charge on any atom is 0.278 e. The number of nitrogens with zero attached hydrogens (tertiary/aromatic N) is 3. The van der Waals surface area contributed by atoms with Gasteiger partial charge in [-0.2, -0.15) is 0 Å². The summed E-state index contributed by atoms with van der Waals surface area (Å²) in [6.07, 6.45) is 9.20. The number of carbonyl (C=O) groups is 2. The first-order chi connectivity index (χ1) is 14.3. The number of benzene rings is 1. The molecule has 3 rings (SSSR count). The van der Waals surface area contributed by atoms with E-state index in [4.69, 9.17) is 11.6 Å². The molecule has 30 heavy (non-hydrogen) atoms. The number of alkyl halides is 2. The van der Waals surface area contributed by atoms with Crippen molar-refractivity contribution in [3.8, 4) is 0 Å². The van der Waals surface area contributed by atoms with Crippen molar-refractivity contribution in [3.05, 3.63) is 54.1 Å². The van der Waals surface area contributed by atoms with Crippen molar-refractivity contribution in [2.24, 2.45) is 0 Å². The smallest absolute Gasteiger partial charge is 0.278 e. The summed E-state index contributed by atoms with van der Waals surface area (Å²) < 4.78 is 14.1. The second-order valence-corrected chi connectivity index (χ2v) is 8.20. The summed E-state index contributed by atoms with van der Waals surface area (Å²) in [6.45, 7) is 3.47. The van der Waals surface area contributed by atoms with Crippen LogP contribution in [-0.4, -0.2) is 33.5 Å². The fourth-order valence-corrected chi connectivity index (χ4v) is 3.98. The second kappa shape index (κ2) is 9.51. The highest BCUT2D eigenvalue weighted by molar-refractivity contribution is 6.32. The lowest BCUT2D eigenvalue weighted by molar-refractivity contribution is -0.131. The van der Waals surface area contributed by atoms with Gasteiger partial charge in [-0.05, 0) is 38.8 Å². The number of rotatable bonds is 6. The van der Waals surface area contributed by atoms with Crippen LogP contribution in [0.15, 0.2) is 43.0 Å². The molecule has 0 bridgehead atoms. The Balaban J connectivity index is 2.10. The topological polar surface area (TPSA) is 75.2 Å². The Hall–Kier alpha value is -2.54. The predicted molar refractivity (Wildman–Crippen MR) is 114 cm³/mol. The van der Waals surface area contributed by atoms with Crippen molar-refractivity contribution in [3.63, 3.8) is 0 Å². The van der Waals surface area contributed by atoms with Crippen LogP contribution in [0.4, 0.5) is 10.1 Å². The summed E-state index contributed by atoms with van der Waals surface area (Å²) in [5.41, 5.74) is -2.21. The number of hydrogen-bond acceptors (Lipinski definition) is 4. The van der Waals surface area contributed by atoms with Crippen LogP contribution in [0.25, 0.3) is 0 Å². The number of amides is 2. The Bertz CT molecular complexity index is 872. The van der Waals surface area contributed by atoms with Crippen LogP contribution in [-0.2, 0) is 15.1 Å². The quantitative estimate of drug-likeness (QED) is 0.699. The third-order valence-electron chi connectivity index (χ3n) is 5.65. The first-order valence-electron chi connectivity index (χ1n) is 10.1. The summed E-state index contributed by atoms with van der Waals surface area (Å²) >= 11 is 5.57. The summed E-state index contributed by atoms with van der Waals surface area (Å²) in [5.74, 6) is -1.44. The minimum Gasteiger partial charge on any atom is -0.351 e. The number of aromatic nitrogens is 2. The van der Waals surface area contributed by atoms with E-state index in [9.17, 15) is 14.0 Å². The normalized spacial score (nSPS) is 17.6. The minimum absolute atomic E-state index is 0.00218. The fraction of sp³-hybridized carbons (Fsp3) is 0.455. The number of aryl methyl sites for hydroxylation is 1. The van der Waals surface area contributed by atoms with E-state index >= 15 is 0 Å². The van der Waals surface area contributed by atoms with Gasteiger partial charge in [0.2, 0.25) is 0 Å². The summed E-state index contributed by atoms with van der Waals surface area (Å²) in [5, 5.41) is 3.06. The molecule has 0 saturated heterocycles. The van der Waals surface area contributed by atoms with Gasteiger partial charge < -0.3 is 5.32 Å². The zero-order valence-corrected chi connectivity index (χ0v) is 17.9. The van der Waals surface area contributed by atoms with Crippen molar-refractivity contribution < 1.29 is 14.0 Å². The number of anilines is 1. The zero-order chi connectivity index (χ0) is 21.7. The van der Waals surface area contributed by atoms with Crippen molar-refractivity contribution in [2.75, 3.05) is 4.90 Å². The van der Waals surface area contributed by atoms with Gasteiger partial charge in [-0.3, -0.25) is 14.5 Å². The molecule has 0 spiro atoms. The molecule has 2 aromatic rings. The SMILES string of the molecule is Cc1ccc(N(C(=O)[C@H](F)Cl)[C@](C)(C(=O)NC2CCCCC2)c2cncnc2)cc1. The van der Waals surface area contributed by atoms with Crippen molar-refractivity contribution in [1.29, 1.82) is 0 Å². The van der Waals surface area contributed by atoms with Crippen LogP contribution >= 0.6 is 11.6 Å². The van der Waals surface area contributed by atoms with E-state index < -0.39 is 23.0 Å². The van der Waals surface area contributed by atoms with Crippen LogP contribution in [0.1, 0.15) is 50.2 Å². The molecule has 1 aromatic carbocycles. The molecular weight excluding hydrogens is 407 g/mol. The third kappa shape index (κ3) is 4.61. The zero-order valence-electron chi connectivity index (χ0n) is 17.1. The number of hydrogen-bond donors (Lipinski definition) is 1. The van der Waals surface area contributed by atoms with E-state index in [0.717, 1.165) is 42.6 Å². The van der Waals surface area contributed by atoms with E-state index in [1.807, 2.05) is 6.92 Å². The maximum atomic E-state index is 14.1. The average molecular weight is 433 g/mol. The third-order valence-corrected chi connectivity index (χ3v) is 5.84. The first-order valence-corrected chi connectivity index (χ1v) is 10.5. The molecule has 2 atom stereocenters. The lowest BCUT2D eigenvalue weighted by atomic mass is 9.88. The molecule has 0 aliphatic heterocycles. The first kappa shape index (κ1) is 22.2. The Morgan fingerprint density at radius 2 is 1.77 bits per heavy atom. The van der Waals surface area contributed by atoms with Gasteiger partial charge in [0, 0.05) is 29.7 Å². The lowest BCUT2D eigenvalue weighted by Crippen LogP contribution is -2.60. The largest absolute Gasteiger partial charge is 0.351 e. The Morgan fingerprint density at radius 1 is 1.17 bits per heavy atom. The van der Waals surface area contributed by atoms with E-state index in [-0.39, 0.29) is 6.04 Å². The van der Waals surface area contributed by atoms with Gasteiger partial charge in [-0.15, -0.1) is 0 Å². The van der Waals surface area contributed by atoms with E-state index in [1.54, 1.807) is 31.2 Å². The van der Waals surface area contributed by atoms with Crippen LogP contribution in [0, 0.1) is 6.92 Å². The molecule has 8 heteroatoms. The number of halogens is 2. The van der Waals surface area contributed by atoms with Crippen molar-refractivity contribution in [2.45, 2.75) is 63.2 Å². The highest BCUT2D eigenvalue weighted by Crippen LogP contribution is 2.35. The molecule has 1 aliphatic rings. The van der Waals surface area contributed by atoms with Crippen LogP contribution < -0.4 is 10.2 Å². The highest BCUT2D eigenvalue weighted by atomic mass is 35.5. The van der Waals surface area contributed by atoms with Crippen molar-refractivity contribution >= 4 is 29.1 Å². The average Bonchev–Trinajstić information content (AvgIpc) is 2.76. The summed E-state index contributed by atoms with van der Waals surface area (Å²) in [6, 6.07) is 6.92. The van der Waals surface area contributed by atoms with E-state index in [0.29, 0.717) is 11.3 Å².